The fourth-order valence-corrected chi connectivity index (χ4v) is 1.58. The van der Waals surface area contributed by atoms with Crippen molar-refractivity contribution in [2.45, 2.75) is 6.10 Å². The Kier molecular flexibility index (Phi) is 3.90. The van der Waals surface area contributed by atoms with E-state index in [0.717, 1.165) is 5.56 Å². The molecule has 0 saturated carbocycles. The van der Waals surface area contributed by atoms with E-state index < -0.39 is 6.10 Å². The summed E-state index contributed by atoms with van der Waals surface area (Å²) in [6.07, 6.45) is 0.731. The molecule has 96 valence electrons. The van der Waals surface area contributed by atoms with E-state index in [1.54, 1.807) is 30.3 Å². The number of nitrogen functional groups attached to an aromatic ring is 1. The molecule has 0 aliphatic rings. The number of nitrogens with zero attached hydrogens (tertiary/aromatic N) is 3. The van der Waals surface area contributed by atoms with E-state index in [-0.39, 0.29) is 6.54 Å². The second-order valence-corrected chi connectivity index (χ2v) is 3.97. The highest BCUT2D eigenvalue weighted by molar-refractivity contribution is 5.50. The Hall–Kier alpha value is -2.65. The van der Waals surface area contributed by atoms with E-state index in [4.69, 9.17) is 11.0 Å². The molecule has 2 aromatic rings. The van der Waals surface area contributed by atoms with Gasteiger partial charge in [-0.15, -0.1) is 5.10 Å². The van der Waals surface area contributed by atoms with Crippen molar-refractivity contribution >= 4 is 11.5 Å². The van der Waals surface area contributed by atoms with Crippen molar-refractivity contribution in [2.24, 2.45) is 0 Å². The molecule has 0 amide bonds. The van der Waals surface area contributed by atoms with E-state index in [1.807, 2.05) is 6.07 Å². The normalized spacial score (nSPS) is 11.6. The Bertz CT molecular complexity index is 591. The summed E-state index contributed by atoms with van der Waals surface area (Å²) >= 11 is 0. The third-order valence-electron chi connectivity index (χ3n) is 2.63. The number of aromatic nitrogens is 2. The highest BCUT2D eigenvalue weighted by Gasteiger charge is 2.09. The Balaban J connectivity index is 2.02. The first kappa shape index (κ1) is 12.8. The molecule has 0 bridgehead atoms. The third kappa shape index (κ3) is 3.18. The topological polar surface area (TPSA) is 108 Å². The van der Waals surface area contributed by atoms with Crippen LogP contribution in [0.15, 0.2) is 36.5 Å². The summed E-state index contributed by atoms with van der Waals surface area (Å²) in [5.74, 6) is 0.361. The number of hydrogen-bond donors (Lipinski definition) is 3. The fraction of sp³-hybridized carbons (Fsp3) is 0.154. The average molecular weight is 255 g/mol. The van der Waals surface area contributed by atoms with Crippen molar-refractivity contribution in [3.05, 3.63) is 47.7 Å². The maximum absolute atomic E-state index is 10.0. The summed E-state index contributed by atoms with van der Waals surface area (Å²) in [4.78, 5) is 0. The van der Waals surface area contributed by atoms with Crippen LogP contribution in [0.5, 0.6) is 0 Å². The van der Waals surface area contributed by atoms with Gasteiger partial charge >= 0.3 is 0 Å². The molecule has 0 aliphatic carbocycles. The average Bonchev–Trinajstić information content (AvgIpc) is 2.45. The zero-order valence-electron chi connectivity index (χ0n) is 10.1. The summed E-state index contributed by atoms with van der Waals surface area (Å²) in [5, 5.41) is 29.3. The quantitative estimate of drug-likeness (QED) is 0.705. The lowest BCUT2D eigenvalue weighted by molar-refractivity contribution is 0.191. The van der Waals surface area contributed by atoms with Crippen molar-refractivity contribution in [1.82, 2.24) is 10.2 Å². The molecule has 1 atom stereocenters. The maximum atomic E-state index is 10.0. The van der Waals surface area contributed by atoms with Crippen LogP contribution in [-0.2, 0) is 0 Å². The van der Waals surface area contributed by atoms with Crippen molar-refractivity contribution < 1.29 is 5.11 Å². The monoisotopic (exact) mass is 255 g/mol. The van der Waals surface area contributed by atoms with Crippen LogP contribution in [0, 0.1) is 11.3 Å². The van der Waals surface area contributed by atoms with Crippen LogP contribution in [0.1, 0.15) is 17.2 Å². The highest BCUT2D eigenvalue weighted by Crippen LogP contribution is 2.16. The van der Waals surface area contributed by atoms with Crippen LogP contribution in [-0.4, -0.2) is 21.8 Å². The molecule has 6 nitrogen and oxygen atoms in total. The smallest absolute Gasteiger partial charge is 0.166 e. The van der Waals surface area contributed by atoms with Crippen molar-refractivity contribution in [2.75, 3.05) is 17.6 Å². The molecule has 0 fully saturated rings. The predicted molar refractivity (Wildman–Crippen MR) is 71.1 cm³/mol. The third-order valence-corrected chi connectivity index (χ3v) is 2.63. The van der Waals surface area contributed by atoms with Gasteiger partial charge in [0, 0.05) is 12.2 Å². The molecule has 2 rings (SSSR count). The summed E-state index contributed by atoms with van der Waals surface area (Å²) in [6.45, 7) is 0.233. The van der Waals surface area contributed by atoms with Crippen LogP contribution in [0.2, 0.25) is 0 Å². The molecule has 1 heterocycles. The van der Waals surface area contributed by atoms with Gasteiger partial charge in [-0.1, -0.05) is 12.1 Å². The Morgan fingerprint density at radius 2 is 2.05 bits per heavy atom. The largest absolute Gasteiger partial charge is 0.399 e. The molecule has 0 radical (unpaired) electrons. The van der Waals surface area contributed by atoms with Gasteiger partial charge in [-0.05, 0) is 23.8 Å². The first-order valence-electron chi connectivity index (χ1n) is 5.70. The summed E-state index contributed by atoms with van der Waals surface area (Å²) in [7, 11) is 0. The minimum Gasteiger partial charge on any atom is -0.399 e. The summed E-state index contributed by atoms with van der Waals surface area (Å²) in [5.41, 5.74) is 7.35. The van der Waals surface area contributed by atoms with Gasteiger partial charge in [0.1, 0.15) is 6.07 Å². The Morgan fingerprint density at radius 1 is 1.32 bits per heavy atom. The Morgan fingerprint density at radius 3 is 2.74 bits per heavy atom. The van der Waals surface area contributed by atoms with Crippen LogP contribution >= 0.6 is 0 Å². The second-order valence-electron chi connectivity index (χ2n) is 3.97. The number of aliphatic hydroxyl groups excluding tert-OH is 1. The number of benzene rings is 1. The lowest BCUT2D eigenvalue weighted by atomic mass is 10.1. The molecule has 1 aromatic carbocycles. The van der Waals surface area contributed by atoms with Crippen molar-refractivity contribution in [1.29, 1.82) is 5.26 Å². The van der Waals surface area contributed by atoms with Crippen LogP contribution < -0.4 is 11.1 Å². The van der Waals surface area contributed by atoms with Crippen LogP contribution in [0.3, 0.4) is 0 Å². The van der Waals surface area contributed by atoms with Gasteiger partial charge in [0.05, 0.1) is 17.9 Å². The molecule has 6 heteroatoms. The molecule has 1 aromatic heterocycles. The van der Waals surface area contributed by atoms with Gasteiger partial charge in [-0.25, -0.2) is 0 Å². The zero-order valence-corrected chi connectivity index (χ0v) is 10.1. The molecule has 0 saturated heterocycles. The highest BCUT2D eigenvalue weighted by atomic mass is 16.3. The number of nitriles is 1. The van der Waals surface area contributed by atoms with E-state index in [2.05, 4.69) is 15.5 Å². The van der Waals surface area contributed by atoms with E-state index in [0.29, 0.717) is 17.1 Å². The molecular weight excluding hydrogens is 242 g/mol. The lowest BCUT2D eigenvalue weighted by Crippen LogP contribution is -2.14. The summed E-state index contributed by atoms with van der Waals surface area (Å²) < 4.78 is 0. The number of anilines is 2. The van der Waals surface area contributed by atoms with Gasteiger partial charge in [0.2, 0.25) is 0 Å². The molecule has 0 spiro atoms. The summed E-state index contributed by atoms with van der Waals surface area (Å²) in [6, 6.07) is 10.5. The maximum Gasteiger partial charge on any atom is 0.166 e. The van der Waals surface area contributed by atoms with E-state index in [1.165, 1.54) is 6.20 Å². The Labute approximate surface area is 110 Å². The van der Waals surface area contributed by atoms with E-state index >= 15 is 0 Å². The van der Waals surface area contributed by atoms with Gasteiger partial charge in [0.15, 0.2) is 5.82 Å². The van der Waals surface area contributed by atoms with Gasteiger partial charge in [-0.2, -0.15) is 10.4 Å². The zero-order chi connectivity index (χ0) is 13.7. The molecule has 0 aliphatic heterocycles. The van der Waals surface area contributed by atoms with Crippen molar-refractivity contribution in [3.63, 3.8) is 0 Å². The molecule has 19 heavy (non-hydrogen) atoms. The molecule has 4 N–H and O–H groups in total. The fourth-order valence-electron chi connectivity index (χ4n) is 1.58. The number of aliphatic hydroxyl groups is 1. The van der Waals surface area contributed by atoms with Gasteiger partial charge in [0.25, 0.3) is 0 Å². The first-order valence-corrected chi connectivity index (χ1v) is 5.70. The van der Waals surface area contributed by atoms with Crippen molar-refractivity contribution in [3.8, 4) is 6.07 Å². The molecular formula is C13H13N5O. The number of nitrogens with one attached hydrogen (secondary N) is 1. The van der Waals surface area contributed by atoms with Gasteiger partial charge in [-0.3, -0.25) is 0 Å². The number of rotatable bonds is 4. The van der Waals surface area contributed by atoms with E-state index in [9.17, 15) is 5.11 Å². The predicted octanol–water partition coefficient (Wildman–Crippen LogP) is 1.08. The SMILES string of the molecule is N#Cc1ccnnc1NCC(O)c1ccc(N)cc1. The lowest BCUT2D eigenvalue weighted by Gasteiger charge is -2.13. The van der Waals surface area contributed by atoms with Crippen LogP contribution in [0.4, 0.5) is 11.5 Å². The standard InChI is InChI=1S/C13H13N5O/c14-7-10-5-6-17-18-13(10)16-8-12(19)9-1-3-11(15)4-2-9/h1-6,12,19H,8,15H2,(H,16,18). The number of nitrogens with two attached hydrogens (primary N) is 1. The van der Waals surface area contributed by atoms with Gasteiger partial charge < -0.3 is 16.2 Å². The minimum atomic E-state index is -0.714. The minimum absolute atomic E-state index is 0.233. The number of hydrogen-bond acceptors (Lipinski definition) is 6. The van der Waals surface area contributed by atoms with Crippen LogP contribution in [0.25, 0.3) is 0 Å². The first-order chi connectivity index (χ1) is 9.20. The second kappa shape index (κ2) is 5.80. The molecule has 1 unspecified atom stereocenters.